The van der Waals surface area contributed by atoms with Crippen molar-refractivity contribution >= 4 is 69.9 Å². The molecule has 0 radical (unpaired) electrons. The summed E-state index contributed by atoms with van der Waals surface area (Å²) in [6.45, 7) is 45.6. The SMILES string of the molecule is CCCCOc1cc(C(=O)OC[C@H](CC(C)C)N(C)C)ccc1N.CCCCOc1cc(N)ccc1C(=O)OC[C@H](C(C)C)N1CCCCC1.CCCOc1cc(C(=O)OC[C@H](CC(C)C)N(C)C)ccc1N.CCCOc1cc(N)ccc1C(=O)OC[C@H](CC(C)C)N(C)C.CCOc1cc(C(=O)OC[C@H](CC(C)C)N(C)C)ccc1N.CCOc1cc(N)ccc1C(=O)OC[C@H](CC(C)C)N(C)C. The van der Waals surface area contributed by atoms with Gasteiger partial charge in [0.05, 0.1) is 73.4 Å². The number of hydrogen-bond donors (Lipinski definition) is 6. The molecule has 6 aromatic carbocycles. The first kappa shape index (κ1) is 126. The summed E-state index contributed by atoms with van der Waals surface area (Å²) in [5, 5.41) is 0. The first-order valence-corrected chi connectivity index (χ1v) is 50.5. The van der Waals surface area contributed by atoms with Crippen LogP contribution in [-0.4, -0.2) is 264 Å². The molecule has 7 rings (SSSR count). The Morgan fingerprint density at radius 2 is 0.543 bits per heavy atom. The van der Waals surface area contributed by atoms with Crippen LogP contribution in [-0.2, 0) is 28.4 Å². The number of rotatable bonds is 53. The summed E-state index contributed by atoms with van der Waals surface area (Å²) in [7, 11) is 20.0. The predicted molar refractivity (Wildman–Crippen MR) is 570 cm³/mol. The molecular formula is C110H182N12O18. The van der Waals surface area contributed by atoms with E-state index in [0.29, 0.717) is 217 Å². The van der Waals surface area contributed by atoms with E-state index in [9.17, 15) is 28.8 Å². The second-order valence-electron chi connectivity index (χ2n) is 39.2. The molecule has 30 heteroatoms. The van der Waals surface area contributed by atoms with E-state index in [1.807, 2.05) is 98.2 Å². The number of carbonyl (C=O) groups is 6. The molecule has 6 atom stereocenters. The average molecular weight is 1960 g/mol. The first-order chi connectivity index (χ1) is 66.3. The summed E-state index contributed by atoms with van der Waals surface area (Å²) in [5.74, 6) is 4.12. The van der Waals surface area contributed by atoms with Gasteiger partial charge in [0, 0.05) is 71.5 Å². The number of benzene rings is 6. The highest BCUT2D eigenvalue weighted by Gasteiger charge is 2.29. The zero-order chi connectivity index (χ0) is 105. The molecule has 140 heavy (non-hydrogen) atoms. The summed E-state index contributed by atoms with van der Waals surface area (Å²) in [5.41, 5.74) is 40.9. The lowest BCUT2D eigenvalue weighted by atomic mass is 10.00. The average Bonchev–Trinajstić information content (AvgIpc) is 0.924. The molecule has 0 bridgehead atoms. The van der Waals surface area contributed by atoms with Gasteiger partial charge in [0.2, 0.25) is 0 Å². The highest BCUT2D eigenvalue weighted by molar-refractivity contribution is 5.95. The molecule has 1 heterocycles. The van der Waals surface area contributed by atoms with Crippen LogP contribution in [0.15, 0.2) is 109 Å². The third-order valence-corrected chi connectivity index (χ3v) is 22.9. The summed E-state index contributed by atoms with van der Waals surface area (Å²) < 4.78 is 66.5. The molecule has 0 amide bonds. The van der Waals surface area contributed by atoms with E-state index in [1.54, 1.807) is 109 Å². The number of carbonyl (C=O) groups excluding carboxylic acids is 6. The largest absolute Gasteiger partial charge is 0.493 e. The maximum absolute atomic E-state index is 12.7. The standard InChI is InChI=1S/C21H34N2O3.C19H32N2O3.2C18H30N2O3.2C17H28N2O3/c1-4-5-13-25-20-14-17(22)9-10-18(20)21(24)26-15-19(16(2)3)23-11-7-6-8-12-23;1-6-7-10-23-18-12-15(8-9-17(18)20)19(22)24-13-16(21(4)5)11-14(2)3;1-6-9-22-17-11-14(19)7-8-16(17)18(21)23-12-15(20(4)5)10-13(2)3;1-6-9-22-17-11-14(7-8-16(17)19)18(21)23-12-15(20(4)5)10-13(2)3;1-6-21-16-10-13(18)7-8-15(16)17(20)22-11-14(19(4)5)9-12(2)3;1-6-21-16-10-13(7-8-15(16)18)17(20)22-11-14(19(4)5)9-12(2)3/h9-10,14,16,19H,4-8,11-13,15,22H2,1-3H3;8-9,12,14,16H,6-7,10-11,13,20H2,1-5H3;2*7-8,11,13,15H,6,9-10,12,19H2,1-5H3;2*7-8,10,12,14H,6,9,11,18H2,1-5H3/t19-;16-;2*15-;2*14-/m100000/s1. The maximum Gasteiger partial charge on any atom is 0.341 e. The van der Waals surface area contributed by atoms with Crippen LogP contribution in [0.2, 0.25) is 0 Å². The minimum absolute atomic E-state index is 0.202. The number of nitrogen functional groups attached to an aromatic ring is 6. The molecule has 1 aliphatic rings. The van der Waals surface area contributed by atoms with Gasteiger partial charge in [-0.25, -0.2) is 28.8 Å². The number of nitrogens with zero attached hydrogens (tertiary/aromatic N) is 6. The molecule has 6 aromatic rings. The molecule has 1 fully saturated rings. The van der Waals surface area contributed by atoms with E-state index in [4.69, 9.17) is 91.2 Å². The lowest BCUT2D eigenvalue weighted by molar-refractivity contribution is 0.0228. The maximum atomic E-state index is 12.7. The minimum atomic E-state index is -0.376. The van der Waals surface area contributed by atoms with Crippen molar-refractivity contribution in [2.24, 2.45) is 35.5 Å². The molecule has 0 spiro atoms. The van der Waals surface area contributed by atoms with Gasteiger partial charge in [0.15, 0.2) is 0 Å². The third kappa shape index (κ3) is 50.3. The van der Waals surface area contributed by atoms with E-state index in [1.165, 1.54) is 19.3 Å². The molecule has 0 saturated carbocycles. The van der Waals surface area contributed by atoms with Crippen LogP contribution in [0.1, 0.15) is 277 Å². The van der Waals surface area contributed by atoms with Crippen LogP contribution in [0, 0.1) is 35.5 Å². The lowest BCUT2D eigenvalue weighted by Gasteiger charge is -2.36. The second-order valence-corrected chi connectivity index (χ2v) is 39.2. The van der Waals surface area contributed by atoms with Crippen molar-refractivity contribution in [1.29, 1.82) is 0 Å². The Hall–Kier alpha value is -10.5. The second kappa shape index (κ2) is 69.4. The summed E-state index contributed by atoms with van der Waals surface area (Å²) in [4.78, 5) is 87.0. The number of ether oxygens (including phenoxy) is 12. The van der Waals surface area contributed by atoms with Gasteiger partial charge in [-0.1, -0.05) is 130 Å². The minimum Gasteiger partial charge on any atom is -0.493 e. The Labute approximate surface area is 841 Å². The highest BCUT2D eigenvalue weighted by Crippen LogP contribution is 2.32. The molecule has 790 valence electrons. The summed E-state index contributed by atoms with van der Waals surface area (Å²) in [6, 6.07) is 31.4. The van der Waals surface area contributed by atoms with Crippen LogP contribution >= 0.6 is 0 Å². The van der Waals surface area contributed by atoms with Gasteiger partial charge in [-0.2, -0.15) is 0 Å². The van der Waals surface area contributed by atoms with Crippen molar-refractivity contribution in [3.8, 4) is 34.5 Å². The molecule has 0 aromatic heterocycles. The van der Waals surface area contributed by atoms with Crippen molar-refractivity contribution in [2.75, 3.05) is 197 Å². The number of nitrogens with two attached hydrogens (primary N) is 6. The van der Waals surface area contributed by atoms with E-state index in [0.717, 1.165) is 83.7 Å². The van der Waals surface area contributed by atoms with Gasteiger partial charge in [-0.05, 0) is 295 Å². The Bertz CT molecular complexity index is 4500. The Morgan fingerprint density at radius 3 is 0.807 bits per heavy atom. The van der Waals surface area contributed by atoms with E-state index in [2.05, 4.69) is 126 Å². The van der Waals surface area contributed by atoms with Crippen LogP contribution < -0.4 is 62.8 Å². The molecule has 30 nitrogen and oxygen atoms in total. The van der Waals surface area contributed by atoms with Crippen molar-refractivity contribution in [3.05, 3.63) is 143 Å². The summed E-state index contributed by atoms with van der Waals surface area (Å²) in [6.07, 6.45) is 14.3. The van der Waals surface area contributed by atoms with Gasteiger partial charge in [-0.3, -0.25) is 4.90 Å². The fourth-order valence-electron chi connectivity index (χ4n) is 14.6. The van der Waals surface area contributed by atoms with Crippen molar-refractivity contribution < 1.29 is 85.6 Å². The molecule has 12 N–H and O–H groups in total. The van der Waals surface area contributed by atoms with Crippen molar-refractivity contribution in [3.63, 3.8) is 0 Å². The van der Waals surface area contributed by atoms with Gasteiger partial charge in [0.25, 0.3) is 0 Å². The van der Waals surface area contributed by atoms with E-state index < -0.39 is 0 Å². The number of likely N-dealkylation sites (N-methyl/N-ethyl adjacent to an activating group) is 5. The topological polar surface area (TPSA) is 389 Å². The molecule has 1 aliphatic heterocycles. The molecular weight excluding hydrogens is 1780 g/mol. The van der Waals surface area contributed by atoms with Crippen molar-refractivity contribution in [2.45, 2.75) is 251 Å². The van der Waals surface area contributed by atoms with Gasteiger partial charge in [0.1, 0.15) is 90.8 Å². The lowest BCUT2D eigenvalue weighted by Crippen LogP contribution is -2.45. The van der Waals surface area contributed by atoms with Gasteiger partial charge in [-0.15, -0.1) is 0 Å². The monoisotopic (exact) mass is 1960 g/mol. The third-order valence-electron chi connectivity index (χ3n) is 22.9. The Kier molecular flexibility index (Phi) is 62.2. The number of esters is 6. The van der Waals surface area contributed by atoms with Crippen LogP contribution in [0.4, 0.5) is 34.1 Å². The van der Waals surface area contributed by atoms with Gasteiger partial charge >= 0.3 is 35.8 Å². The van der Waals surface area contributed by atoms with Crippen LogP contribution in [0.25, 0.3) is 0 Å². The highest BCUT2D eigenvalue weighted by atomic mass is 16.6. The summed E-state index contributed by atoms with van der Waals surface area (Å²) >= 11 is 0. The number of hydrogen-bond acceptors (Lipinski definition) is 30. The first-order valence-electron chi connectivity index (χ1n) is 50.5. The van der Waals surface area contributed by atoms with Crippen LogP contribution in [0.3, 0.4) is 0 Å². The molecule has 0 unspecified atom stereocenters. The van der Waals surface area contributed by atoms with Crippen molar-refractivity contribution in [1.82, 2.24) is 29.4 Å². The van der Waals surface area contributed by atoms with Crippen LogP contribution in [0.5, 0.6) is 34.5 Å². The number of anilines is 6. The Balaban J connectivity index is 0.000000569. The quantitative estimate of drug-likeness (QED) is 0.00894. The molecule has 0 aliphatic carbocycles. The van der Waals surface area contributed by atoms with Gasteiger partial charge < -0.3 is 116 Å². The Morgan fingerprint density at radius 1 is 0.293 bits per heavy atom. The fourth-order valence-corrected chi connectivity index (χ4v) is 14.6. The molecule has 1 saturated heterocycles. The normalized spacial score (nSPS) is 13.2. The zero-order valence-corrected chi connectivity index (χ0v) is 90.6. The number of unbranched alkanes of at least 4 members (excludes halogenated alkanes) is 2. The number of likely N-dealkylation sites (tertiary alicyclic amines) is 1. The van der Waals surface area contributed by atoms with E-state index in [-0.39, 0.29) is 72.1 Å². The smallest absolute Gasteiger partial charge is 0.341 e. The van der Waals surface area contributed by atoms with E-state index >= 15 is 0 Å². The number of piperidine rings is 1. The predicted octanol–water partition coefficient (Wildman–Crippen LogP) is 19.7. The zero-order valence-electron chi connectivity index (χ0n) is 90.6. The fraction of sp³-hybridized carbons (Fsp3) is 0.618.